The zero-order valence-corrected chi connectivity index (χ0v) is 9.91. The third kappa shape index (κ3) is 4.01. The predicted molar refractivity (Wildman–Crippen MR) is 65.2 cm³/mol. The summed E-state index contributed by atoms with van der Waals surface area (Å²) < 4.78 is 0. The topological polar surface area (TPSA) is 56.0 Å². The van der Waals surface area contributed by atoms with Crippen LogP contribution >= 0.6 is 0 Å². The van der Waals surface area contributed by atoms with Crippen molar-refractivity contribution in [3.8, 4) is 0 Å². The standard InChI is InChI=1S/C13H20N2O/c1-2-3-4-5-6-7-11-8-9-15-10-12(11)13(14)16/h8-10H,2-7H2,1H3,(H2,14,16). The van der Waals surface area contributed by atoms with E-state index in [2.05, 4.69) is 11.9 Å². The monoisotopic (exact) mass is 220 g/mol. The van der Waals surface area contributed by atoms with Gasteiger partial charge in [0.15, 0.2) is 0 Å². The number of carbonyl (C=O) groups is 1. The Morgan fingerprint density at radius 3 is 2.75 bits per heavy atom. The molecule has 0 aromatic carbocycles. The lowest BCUT2D eigenvalue weighted by atomic mass is 10.0. The summed E-state index contributed by atoms with van der Waals surface area (Å²) in [5, 5.41) is 0. The lowest BCUT2D eigenvalue weighted by Gasteiger charge is -2.05. The van der Waals surface area contributed by atoms with Gasteiger partial charge in [-0.05, 0) is 24.5 Å². The second-order valence-electron chi connectivity index (χ2n) is 4.06. The molecule has 2 N–H and O–H groups in total. The average Bonchev–Trinajstić information content (AvgIpc) is 2.29. The predicted octanol–water partition coefficient (Wildman–Crippen LogP) is 2.69. The van der Waals surface area contributed by atoms with E-state index >= 15 is 0 Å². The fourth-order valence-electron chi connectivity index (χ4n) is 1.78. The number of hydrogen-bond acceptors (Lipinski definition) is 2. The zero-order valence-electron chi connectivity index (χ0n) is 9.91. The number of nitrogens with two attached hydrogens (primary N) is 1. The van der Waals surface area contributed by atoms with Crippen molar-refractivity contribution in [2.24, 2.45) is 5.73 Å². The number of carbonyl (C=O) groups excluding carboxylic acids is 1. The number of hydrogen-bond donors (Lipinski definition) is 1. The molecular formula is C13H20N2O. The highest BCUT2D eigenvalue weighted by Gasteiger charge is 2.06. The first-order chi connectivity index (χ1) is 7.75. The molecule has 3 heteroatoms. The van der Waals surface area contributed by atoms with Crippen LogP contribution in [0.25, 0.3) is 0 Å². The Morgan fingerprint density at radius 2 is 2.06 bits per heavy atom. The second kappa shape index (κ2) is 6.99. The Hall–Kier alpha value is -1.38. The average molecular weight is 220 g/mol. The van der Waals surface area contributed by atoms with Gasteiger partial charge in [-0.15, -0.1) is 0 Å². The smallest absolute Gasteiger partial charge is 0.250 e. The molecule has 0 bridgehead atoms. The van der Waals surface area contributed by atoms with Crippen molar-refractivity contribution in [3.05, 3.63) is 29.6 Å². The first kappa shape index (κ1) is 12.7. The minimum atomic E-state index is -0.378. The van der Waals surface area contributed by atoms with Crippen molar-refractivity contribution in [1.29, 1.82) is 0 Å². The molecule has 1 rings (SSSR count). The quantitative estimate of drug-likeness (QED) is 0.718. The molecule has 0 atom stereocenters. The third-order valence-electron chi connectivity index (χ3n) is 2.73. The molecule has 0 saturated carbocycles. The van der Waals surface area contributed by atoms with Crippen LogP contribution in [0, 0.1) is 0 Å². The summed E-state index contributed by atoms with van der Waals surface area (Å²) in [6, 6.07) is 1.89. The Bertz CT molecular complexity index is 336. The van der Waals surface area contributed by atoms with E-state index in [9.17, 15) is 4.79 Å². The van der Waals surface area contributed by atoms with Crippen molar-refractivity contribution >= 4 is 5.91 Å². The SMILES string of the molecule is CCCCCCCc1ccncc1C(N)=O. The van der Waals surface area contributed by atoms with E-state index in [0.717, 1.165) is 18.4 Å². The van der Waals surface area contributed by atoms with Crippen molar-refractivity contribution in [1.82, 2.24) is 4.98 Å². The number of amides is 1. The van der Waals surface area contributed by atoms with E-state index in [0.29, 0.717) is 5.56 Å². The Balaban J connectivity index is 2.44. The molecule has 0 unspecified atom stereocenters. The maximum Gasteiger partial charge on any atom is 0.250 e. The number of aryl methyl sites for hydroxylation is 1. The lowest BCUT2D eigenvalue weighted by molar-refractivity contribution is 0.0999. The van der Waals surface area contributed by atoms with Crippen LogP contribution in [0.15, 0.2) is 18.5 Å². The molecule has 3 nitrogen and oxygen atoms in total. The molecule has 1 aromatic heterocycles. The largest absolute Gasteiger partial charge is 0.366 e. The van der Waals surface area contributed by atoms with Gasteiger partial charge < -0.3 is 5.73 Å². The van der Waals surface area contributed by atoms with E-state index in [1.54, 1.807) is 12.4 Å². The highest BCUT2D eigenvalue weighted by molar-refractivity contribution is 5.93. The van der Waals surface area contributed by atoms with Crippen molar-refractivity contribution in [2.75, 3.05) is 0 Å². The van der Waals surface area contributed by atoms with E-state index in [1.807, 2.05) is 6.07 Å². The van der Waals surface area contributed by atoms with Crippen LogP contribution in [0.1, 0.15) is 54.9 Å². The molecule has 0 aliphatic heterocycles. The van der Waals surface area contributed by atoms with Gasteiger partial charge >= 0.3 is 0 Å². The highest BCUT2D eigenvalue weighted by Crippen LogP contribution is 2.12. The minimum absolute atomic E-state index is 0.378. The van der Waals surface area contributed by atoms with Crippen molar-refractivity contribution < 1.29 is 4.79 Å². The third-order valence-corrected chi connectivity index (χ3v) is 2.73. The lowest BCUT2D eigenvalue weighted by Crippen LogP contribution is -2.14. The molecule has 0 aliphatic rings. The van der Waals surface area contributed by atoms with Gasteiger partial charge in [-0.25, -0.2) is 0 Å². The number of unbranched alkanes of at least 4 members (excludes halogenated alkanes) is 4. The summed E-state index contributed by atoms with van der Waals surface area (Å²) in [7, 11) is 0. The summed E-state index contributed by atoms with van der Waals surface area (Å²) >= 11 is 0. The summed E-state index contributed by atoms with van der Waals surface area (Å²) in [4.78, 5) is 15.1. The molecule has 0 aliphatic carbocycles. The molecular weight excluding hydrogens is 200 g/mol. The molecule has 16 heavy (non-hydrogen) atoms. The molecule has 88 valence electrons. The number of aromatic nitrogens is 1. The first-order valence-electron chi connectivity index (χ1n) is 5.98. The fraction of sp³-hybridized carbons (Fsp3) is 0.538. The second-order valence-corrected chi connectivity index (χ2v) is 4.06. The first-order valence-corrected chi connectivity index (χ1v) is 5.98. The highest BCUT2D eigenvalue weighted by atomic mass is 16.1. The van der Waals surface area contributed by atoms with E-state index in [1.165, 1.54) is 25.7 Å². The van der Waals surface area contributed by atoms with Crippen LogP contribution in [0.3, 0.4) is 0 Å². The van der Waals surface area contributed by atoms with Gasteiger partial charge in [0.25, 0.3) is 5.91 Å². The maximum atomic E-state index is 11.1. The van der Waals surface area contributed by atoms with Crippen LogP contribution < -0.4 is 5.73 Å². The molecule has 1 aromatic rings. The number of rotatable bonds is 7. The van der Waals surface area contributed by atoms with Gasteiger partial charge in [0, 0.05) is 12.4 Å². The molecule has 1 amide bonds. The normalized spacial score (nSPS) is 10.3. The Labute approximate surface area is 97.1 Å². The van der Waals surface area contributed by atoms with E-state index in [-0.39, 0.29) is 5.91 Å². The van der Waals surface area contributed by atoms with Gasteiger partial charge in [0.05, 0.1) is 5.56 Å². The molecule has 0 fully saturated rings. The summed E-state index contributed by atoms with van der Waals surface area (Å²) in [6.07, 6.45) is 10.3. The number of pyridine rings is 1. The Kier molecular flexibility index (Phi) is 5.54. The summed E-state index contributed by atoms with van der Waals surface area (Å²) in [6.45, 7) is 2.20. The van der Waals surface area contributed by atoms with Crippen LogP contribution in [-0.4, -0.2) is 10.9 Å². The maximum absolute atomic E-state index is 11.1. The molecule has 1 heterocycles. The van der Waals surface area contributed by atoms with Gasteiger partial charge in [-0.3, -0.25) is 9.78 Å². The number of nitrogens with zero attached hydrogens (tertiary/aromatic N) is 1. The molecule has 0 radical (unpaired) electrons. The Morgan fingerprint density at radius 1 is 1.31 bits per heavy atom. The van der Waals surface area contributed by atoms with Crippen LogP contribution in [-0.2, 0) is 6.42 Å². The molecule has 0 saturated heterocycles. The fourth-order valence-corrected chi connectivity index (χ4v) is 1.78. The van der Waals surface area contributed by atoms with Gasteiger partial charge in [-0.1, -0.05) is 32.6 Å². The van der Waals surface area contributed by atoms with E-state index in [4.69, 9.17) is 5.73 Å². The van der Waals surface area contributed by atoms with Gasteiger partial charge in [-0.2, -0.15) is 0 Å². The summed E-state index contributed by atoms with van der Waals surface area (Å²) in [5.74, 6) is -0.378. The number of primary amides is 1. The zero-order chi connectivity index (χ0) is 11.8. The van der Waals surface area contributed by atoms with Crippen molar-refractivity contribution in [2.45, 2.75) is 45.4 Å². The van der Waals surface area contributed by atoms with Crippen LogP contribution in [0.5, 0.6) is 0 Å². The minimum Gasteiger partial charge on any atom is -0.366 e. The van der Waals surface area contributed by atoms with Gasteiger partial charge in [0.1, 0.15) is 0 Å². The van der Waals surface area contributed by atoms with Crippen LogP contribution in [0.2, 0.25) is 0 Å². The summed E-state index contributed by atoms with van der Waals surface area (Å²) in [5.41, 5.74) is 6.88. The van der Waals surface area contributed by atoms with Crippen LogP contribution in [0.4, 0.5) is 0 Å². The van der Waals surface area contributed by atoms with E-state index < -0.39 is 0 Å². The van der Waals surface area contributed by atoms with Gasteiger partial charge in [0.2, 0.25) is 0 Å². The van der Waals surface area contributed by atoms with Crippen molar-refractivity contribution in [3.63, 3.8) is 0 Å². The molecule has 0 spiro atoms.